The first-order valence-electron chi connectivity index (χ1n) is 17.7. The Bertz CT molecular complexity index is 978. The number of ether oxygens (including phenoxy) is 1. The van der Waals surface area contributed by atoms with Crippen molar-refractivity contribution in [2.24, 2.45) is 0 Å². The van der Waals surface area contributed by atoms with E-state index >= 15 is 0 Å². The summed E-state index contributed by atoms with van der Waals surface area (Å²) < 4.78 is 4.86. The molecule has 0 unspecified atom stereocenters. The number of carboxylic acid groups (broad SMARTS) is 3. The van der Waals surface area contributed by atoms with Crippen molar-refractivity contribution in [3.63, 3.8) is 0 Å². The largest absolute Gasteiger partial charge is 0.481 e. The molecule has 0 aromatic rings. The number of rotatable bonds is 34. The fraction of sp³-hybridized carbons (Fsp3) is 0.794. The van der Waals surface area contributed by atoms with E-state index in [-0.39, 0.29) is 58.0 Å². The lowest BCUT2D eigenvalue weighted by atomic mass is 10.0. The Morgan fingerprint density at radius 2 is 0.918 bits per heavy atom. The first kappa shape index (κ1) is 45.4. The molecular weight excluding hydrogens is 642 g/mol. The zero-order valence-electron chi connectivity index (χ0n) is 28.8. The summed E-state index contributed by atoms with van der Waals surface area (Å²) in [5.74, 6) is -5.11. The summed E-state index contributed by atoms with van der Waals surface area (Å²) in [6, 6.07) is -3.28. The van der Waals surface area contributed by atoms with Crippen LogP contribution in [0.25, 0.3) is 0 Å². The topological polar surface area (TPSA) is 246 Å². The van der Waals surface area contributed by atoms with Crippen molar-refractivity contribution in [2.75, 3.05) is 13.4 Å². The minimum atomic E-state index is -1.41. The van der Waals surface area contributed by atoms with Crippen LogP contribution >= 0.6 is 0 Å². The van der Waals surface area contributed by atoms with Gasteiger partial charge < -0.3 is 45.9 Å². The summed E-state index contributed by atoms with van der Waals surface area (Å²) in [4.78, 5) is 81.4. The number of unbranched alkanes of at least 4 members (excludes halogenated alkanes) is 13. The van der Waals surface area contributed by atoms with E-state index in [1.165, 1.54) is 32.1 Å². The number of nitrogens with one attached hydrogen (secondary N) is 3. The van der Waals surface area contributed by atoms with E-state index in [4.69, 9.17) is 14.9 Å². The Morgan fingerprint density at radius 3 is 1.31 bits per heavy atom. The molecule has 15 nitrogen and oxygen atoms in total. The van der Waals surface area contributed by atoms with Gasteiger partial charge in [0.1, 0.15) is 25.2 Å². The van der Waals surface area contributed by atoms with Crippen molar-refractivity contribution in [3.05, 3.63) is 0 Å². The molecule has 0 rings (SSSR count). The second kappa shape index (κ2) is 30.5. The Labute approximate surface area is 289 Å². The van der Waals surface area contributed by atoms with Gasteiger partial charge in [0.15, 0.2) is 0 Å². The fourth-order valence-corrected chi connectivity index (χ4v) is 5.24. The molecule has 7 N–H and O–H groups in total. The maximum atomic E-state index is 12.4. The zero-order chi connectivity index (χ0) is 36.7. The predicted molar refractivity (Wildman–Crippen MR) is 179 cm³/mol. The van der Waals surface area contributed by atoms with Gasteiger partial charge in [-0.1, -0.05) is 77.0 Å². The molecular formula is C34H59N3O12. The van der Waals surface area contributed by atoms with E-state index in [1.54, 1.807) is 0 Å². The van der Waals surface area contributed by atoms with Gasteiger partial charge in [0.25, 0.3) is 0 Å². The number of aliphatic carboxylic acids is 3. The standard InChI is InChI=1S/C34H59N3O12/c38-23-15-16-26(24-49-25-39)35-30(41)21-19-28(34(47)48)37-31(42)22-20-27(33(45)46)36-29(40)17-13-11-9-7-5-3-1-2-4-6-8-10-12-14-18-32(43)44/h23,26-28,39H,1-22,24-25H2,(H,35,41)(H,36,40)(H,37,42)(H,43,44)(H,45,46)(H,47,48)/t26-,27-,28-/m0/s1. The van der Waals surface area contributed by atoms with Gasteiger partial charge in [0.2, 0.25) is 17.7 Å². The number of amides is 3. The Hall–Kier alpha value is -3.59. The molecule has 282 valence electrons. The lowest BCUT2D eigenvalue weighted by Gasteiger charge is -2.19. The van der Waals surface area contributed by atoms with E-state index < -0.39 is 60.5 Å². The Balaban J connectivity index is 4.20. The lowest BCUT2D eigenvalue weighted by Crippen LogP contribution is -2.44. The van der Waals surface area contributed by atoms with E-state index in [0.29, 0.717) is 12.7 Å². The molecule has 0 aromatic heterocycles. The van der Waals surface area contributed by atoms with Crippen molar-refractivity contribution < 1.29 is 58.7 Å². The molecule has 0 aliphatic rings. The van der Waals surface area contributed by atoms with Crippen LogP contribution in [0.4, 0.5) is 0 Å². The number of carbonyl (C=O) groups excluding carboxylic acids is 4. The normalized spacial score (nSPS) is 12.8. The highest BCUT2D eigenvalue weighted by molar-refractivity contribution is 5.86. The number of hydrogen-bond donors (Lipinski definition) is 7. The highest BCUT2D eigenvalue weighted by Crippen LogP contribution is 2.14. The number of carbonyl (C=O) groups is 7. The molecule has 0 bridgehead atoms. The molecule has 15 heteroatoms. The van der Waals surface area contributed by atoms with Crippen molar-refractivity contribution in [3.8, 4) is 0 Å². The number of aliphatic hydroxyl groups excluding tert-OH is 1. The molecule has 3 amide bonds. The quantitative estimate of drug-likeness (QED) is 0.0290. The van der Waals surface area contributed by atoms with E-state index in [9.17, 15) is 43.8 Å². The van der Waals surface area contributed by atoms with Crippen LogP contribution in [0.2, 0.25) is 0 Å². The zero-order valence-corrected chi connectivity index (χ0v) is 28.8. The Morgan fingerprint density at radius 1 is 0.531 bits per heavy atom. The first-order valence-corrected chi connectivity index (χ1v) is 17.7. The maximum absolute atomic E-state index is 12.4. The summed E-state index contributed by atoms with van der Waals surface area (Å²) in [5, 5.41) is 43.7. The lowest BCUT2D eigenvalue weighted by molar-refractivity contribution is -0.143. The van der Waals surface area contributed by atoms with Gasteiger partial charge in [-0.25, -0.2) is 9.59 Å². The molecule has 0 aromatic carbocycles. The van der Waals surface area contributed by atoms with Gasteiger partial charge in [-0.3, -0.25) is 19.2 Å². The molecule has 0 saturated carbocycles. The minimum absolute atomic E-state index is 0.0412. The maximum Gasteiger partial charge on any atom is 0.326 e. The molecule has 3 atom stereocenters. The van der Waals surface area contributed by atoms with Crippen LogP contribution in [-0.4, -0.2) is 93.9 Å². The van der Waals surface area contributed by atoms with Gasteiger partial charge >= 0.3 is 17.9 Å². The van der Waals surface area contributed by atoms with Crippen LogP contribution in [0.5, 0.6) is 0 Å². The van der Waals surface area contributed by atoms with Crippen LogP contribution in [0.15, 0.2) is 0 Å². The van der Waals surface area contributed by atoms with Crippen molar-refractivity contribution in [2.45, 2.75) is 159 Å². The average molecular weight is 702 g/mol. The SMILES string of the molecule is O=CCC[C@@H](COCO)NC(=O)CC[C@H](NC(=O)CC[C@H](NC(=O)CCCCCCCCCCCCCCCCC(=O)O)C(=O)O)C(=O)O. The third kappa shape index (κ3) is 28.0. The van der Waals surface area contributed by atoms with Crippen molar-refractivity contribution >= 4 is 41.9 Å². The summed E-state index contributed by atoms with van der Waals surface area (Å²) in [6.07, 6.45) is 15.0. The third-order valence-electron chi connectivity index (χ3n) is 8.04. The molecule has 0 aliphatic heterocycles. The molecule has 0 radical (unpaired) electrons. The molecule has 0 saturated heterocycles. The van der Waals surface area contributed by atoms with Gasteiger partial charge in [0, 0.05) is 32.1 Å². The van der Waals surface area contributed by atoms with Gasteiger partial charge in [-0.15, -0.1) is 0 Å². The summed E-state index contributed by atoms with van der Waals surface area (Å²) in [7, 11) is 0. The summed E-state index contributed by atoms with van der Waals surface area (Å²) in [6.45, 7) is -0.613. The molecule has 0 heterocycles. The number of aliphatic hydroxyl groups is 1. The molecule has 0 aliphatic carbocycles. The minimum Gasteiger partial charge on any atom is -0.481 e. The molecule has 0 fully saturated rings. The van der Waals surface area contributed by atoms with Crippen LogP contribution in [-0.2, 0) is 38.3 Å². The van der Waals surface area contributed by atoms with Crippen LogP contribution < -0.4 is 16.0 Å². The van der Waals surface area contributed by atoms with Crippen LogP contribution in [0.3, 0.4) is 0 Å². The van der Waals surface area contributed by atoms with Crippen LogP contribution in [0.1, 0.15) is 141 Å². The second-order valence-corrected chi connectivity index (χ2v) is 12.3. The molecule has 49 heavy (non-hydrogen) atoms. The summed E-state index contributed by atoms with van der Waals surface area (Å²) in [5.41, 5.74) is 0. The number of aldehydes is 1. The third-order valence-corrected chi connectivity index (χ3v) is 8.04. The van der Waals surface area contributed by atoms with E-state index in [1.807, 2.05) is 0 Å². The highest BCUT2D eigenvalue weighted by Gasteiger charge is 2.25. The molecule has 0 spiro atoms. The van der Waals surface area contributed by atoms with Crippen molar-refractivity contribution in [1.29, 1.82) is 0 Å². The highest BCUT2D eigenvalue weighted by atomic mass is 16.6. The first-order chi connectivity index (χ1) is 23.5. The predicted octanol–water partition coefficient (Wildman–Crippen LogP) is 3.44. The van der Waals surface area contributed by atoms with E-state index in [0.717, 1.165) is 51.4 Å². The number of hydrogen-bond acceptors (Lipinski definition) is 9. The fourth-order valence-electron chi connectivity index (χ4n) is 5.24. The average Bonchev–Trinajstić information content (AvgIpc) is 3.05. The van der Waals surface area contributed by atoms with Gasteiger partial charge in [0.05, 0.1) is 12.6 Å². The van der Waals surface area contributed by atoms with Crippen LogP contribution in [0, 0.1) is 0 Å². The summed E-state index contributed by atoms with van der Waals surface area (Å²) >= 11 is 0. The van der Waals surface area contributed by atoms with E-state index in [2.05, 4.69) is 16.0 Å². The second-order valence-electron chi connectivity index (χ2n) is 12.3. The monoisotopic (exact) mass is 701 g/mol. The van der Waals surface area contributed by atoms with Gasteiger partial charge in [-0.05, 0) is 32.1 Å². The van der Waals surface area contributed by atoms with Crippen molar-refractivity contribution in [1.82, 2.24) is 16.0 Å². The number of carboxylic acids is 3. The Kier molecular flexibility index (Phi) is 28.2. The smallest absolute Gasteiger partial charge is 0.326 e. The van der Waals surface area contributed by atoms with Gasteiger partial charge in [-0.2, -0.15) is 0 Å².